The van der Waals surface area contributed by atoms with Crippen LogP contribution in [0.5, 0.6) is 0 Å². The maximum absolute atomic E-state index is 13.6. The number of benzene rings is 3. The van der Waals surface area contributed by atoms with Crippen LogP contribution >= 0.6 is 11.3 Å². The van der Waals surface area contributed by atoms with Crippen molar-refractivity contribution in [2.24, 2.45) is 0 Å². The molecule has 4 rings (SSSR count). The lowest BCUT2D eigenvalue weighted by Gasteiger charge is -2.21. The number of carbonyl (C=O) groups excluding carboxylic acids is 1. The predicted octanol–water partition coefficient (Wildman–Crippen LogP) is 6.18. The monoisotopic (exact) mass is 443 g/mol. The SMILES string of the molecule is Cc1cc(C)c2nc(N(CCCN(C)C)C(=O)c3ccc(-c4ccccc4)cc3)sc2c1. The van der Waals surface area contributed by atoms with Gasteiger partial charge in [0, 0.05) is 12.1 Å². The zero-order chi connectivity index (χ0) is 22.7. The van der Waals surface area contributed by atoms with Crippen molar-refractivity contribution in [3.05, 3.63) is 83.4 Å². The van der Waals surface area contributed by atoms with E-state index in [-0.39, 0.29) is 5.91 Å². The van der Waals surface area contributed by atoms with Gasteiger partial charge in [0.1, 0.15) is 0 Å². The second-order valence-electron chi connectivity index (χ2n) is 8.48. The van der Waals surface area contributed by atoms with Crippen molar-refractivity contribution in [3.8, 4) is 11.1 Å². The highest BCUT2D eigenvalue weighted by Gasteiger charge is 2.22. The molecule has 4 nitrogen and oxygen atoms in total. The first kappa shape index (κ1) is 22.2. The average Bonchev–Trinajstić information content (AvgIpc) is 3.21. The molecule has 0 fully saturated rings. The maximum atomic E-state index is 13.6. The largest absolute Gasteiger partial charge is 0.309 e. The van der Waals surface area contributed by atoms with Crippen LogP contribution in [0.3, 0.4) is 0 Å². The number of aryl methyl sites for hydroxylation is 2. The van der Waals surface area contributed by atoms with Gasteiger partial charge in [0.05, 0.1) is 10.2 Å². The molecule has 3 aromatic carbocycles. The van der Waals surface area contributed by atoms with Gasteiger partial charge in [-0.15, -0.1) is 0 Å². The summed E-state index contributed by atoms with van der Waals surface area (Å²) in [6, 6.07) is 22.4. The van der Waals surface area contributed by atoms with Crippen LogP contribution in [0.15, 0.2) is 66.7 Å². The number of nitrogens with zero attached hydrogens (tertiary/aromatic N) is 3. The van der Waals surface area contributed by atoms with Crippen molar-refractivity contribution < 1.29 is 4.79 Å². The van der Waals surface area contributed by atoms with Crippen molar-refractivity contribution in [1.29, 1.82) is 0 Å². The summed E-state index contributed by atoms with van der Waals surface area (Å²) in [6.45, 7) is 5.73. The standard InChI is InChI=1S/C27H29N3OS/c1-19-17-20(2)25-24(18-19)32-27(28-25)30(16-8-15-29(3)4)26(31)23-13-11-22(12-14-23)21-9-6-5-7-10-21/h5-7,9-14,17-18H,8,15-16H2,1-4H3. The summed E-state index contributed by atoms with van der Waals surface area (Å²) in [6.07, 6.45) is 0.884. The summed E-state index contributed by atoms with van der Waals surface area (Å²) < 4.78 is 1.13. The summed E-state index contributed by atoms with van der Waals surface area (Å²) in [5.41, 5.74) is 6.28. The molecular weight excluding hydrogens is 414 g/mol. The van der Waals surface area contributed by atoms with E-state index in [1.165, 1.54) is 5.56 Å². The van der Waals surface area contributed by atoms with E-state index in [1.807, 2.05) is 47.4 Å². The number of amides is 1. The molecule has 0 aliphatic carbocycles. The zero-order valence-electron chi connectivity index (χ0n) is 19.1. The second kappa shape index (κ2) is 9.63. The molecule has 0 atom stereocenters. The molecular formula is C27H29N3OS. The van der Waals surface area contributed by atoms with Gasteiger partial charge in [-0.3, -0.25) is 9.69 Å². The van der Waals surface area contributed by atoms with E-state index in [0.717, 1.165) is 45.0 Å². The highest BCUT2D eigenvalue weighted by Crippen LogP contribution is 2.32. The fraction of sp³-hybridized carbons (Fsp3) is 0.259. The lowest BCUT2D eigenvalue weighted by Crippen LogP contribution is -2.33. The number of hydrogen-bond acceptors (Lipinski definition) is 4. The van der Waals surface area contributed by atoms with Gasteiger partial charge in [0.2, 0.25) is 0 Å². The molecule has 32 heavy (non-hydrogen) atoms. The van der Waals surface area contributed by atoms with E-state index in [4.69, 9.17) is 4.98 Å². The van der Waals surface area contributed by atoms with E-state index in [0.29, 0.717) is 12.1 Å². The highest BCUT2D eigenvalue weighted by atomic mass is 32.1. The van der Waals surface area contributed by atoms with Crippen molar-refractivity contribution in [2.75, 3.05) is 32.1 Å². The first-order valence-corrected chi connectivity index (χ1v) is 11.7. The zero-order valence-corrected chi connectivity index (χ0v) is 19.9. The van der Waals surface area contributed by atoms with E-state index < -0.39 is 0 Å². The summed E-state index contributed by atoms with van der Waals surface area (Å²) >= 11 is 1.60. The van der Waals surface area contributed by atoms with Gasteiger partial charge in [-0.2, -0.15) is 0 Å². The summed E-state index contributed by atoms with van der Waals surface area (Å²) in [7, 11) is 4.11. The molecule has 164 valence electrons. The van der Waals surface area contributed by atoms with E-state index >= 15 is 0 Å². The third-order valence-electron chi connectivity index (χ3n) is 5.52. The van der Waals surface area contributed by atoms with Crippen LogP contribution in [0.4, 0.5) is 5.13 Å². The molecule has 0 N–H and O–H groups in total. The Labute approximate surface area is 194 Å². The van der Waals surface area contributed by atoms with Crippen molar-refractivity contribution >= 4 is 32.6 Å². The number of anilines is 1. The molecule has 0 spiro atoms. The summed E-state index contributed by atoms with van der Waals surface area (Å²) in [4.78, 5) is 22.4. The highest BCUT2D eigenvalue weighted by molar-refractivity contribution is 7.22. The first-order valence-electron chi connectivity index (χ1n) is 10.9. The molecule has 1 amide bonds. The van der Waals surface area contributed by atoms with E-state index in [2.05, 4.69) is 57.1 Å². The Hall–Kier alpha value is -3.02. The Bertz CT molecular complexity index is 1210. The number of carbonyl (C=O) groups is 1. The van der Waals surface area contributed by atoms with Gasteiger partial charge < -0.3 is 4.90 Å². The number of fused-ring (bicyclic) bond motifs is 1. The molecule has 4 aromatic rings. The molecule has 0 saturated heterocycles. The van der Waals surface area contributed by atoms with Crippen LogP contribution in [-0.4, -0.2) is 43.0 Å². The van der Waals surface area contributed by atoms with Crippen LogP contribution < -0.4 is 4.90 Å². The lowest BCUT2D eigenvalue weighted by molar-refractivity contribution is 0.0986. The lowest BCUT2D eigenvalue weighted by atomic mass is 10.0. The minimum absolute atomic E-state index is 0.00296. The van der Waals surface area contributed by atoms with E-state index in [1.54, 1.807) is 11.3 Å². The number of aromatic nitrogens is 1. The summed E-state index contributed by atoms with van der Waals surface area (Å²) in [5.74, 6) is -0.00296. The molecule has 5 heteroatoms. The normalized spacial score (nSPS) is 11.3. The molecule has 1 aromatic heterocycles. The Kier molecular flexibility index (Phi) is 6.68. The minimum Gasteiger partial charge on any atom is -0.309 e. The first-order chi connectivity index (χ1) is 15.4. The van der Waals surface area contributed by atoms with Gasteiger partial charge in [0.25, 0.3) is 5.91 Å². The third kappa shape index (κ3) is 4.90. The topological polar surface area (TPSA) is 36.4 Å². The second-order valence-corrected chi connectivity index (χ2v) is 9.49. The quantitative estimate of drug-likeness (QED) is 0.342. The number of thiazole rings is 1. The van der Waals surface area contributed by atoms with Crippen LogP contribution in [-0.2, 0) is 0 Å². The van der Waals surface area contributed by atoms with Gasteiger partial charge in [-0.1, -0.05) is 59.9 Å². The van der Waals surface area contributed by atoms with Crippen LogP contribution in [0.25, 0.3) is 21.3 Å². The van der Waals surface area contributed by atoms with Crippen LogP contribution in [0.2, 0.25) is 0 Å². The molecule has 0 unspecified atom stereocenters. The predicted molar refractivity (Wildman–Crippen MR) is 136 cm³/mol. The third-order valence-corrected chi connectivity index (χ3v) is 6.55. The smallest absolute Gasteiger partial charge is 0.260 e. The van der Waals surface area contributed by atoms with Gasteiger partial charge in [0.15, 0.2) is 5.13 Å². The van der Waals surface area contributed by atoms with Crippen LogP contribution in [0, 0.1) is 13.8 Å². The molecule has 0 aliphatic heterocycles. The molecule has 0 bridgehead atoms. The Balaban J connectivity index is 1.65. The van der Waals surface area contributed by atoms with Crippen LogP contribution in [0.1, 0.15) is 27.9 Å². The Morgan fingerprint density at radius 1 is 0.906 bits per heavy atom. The molecule has 0 saturated carbocycles. The molecule has 0 aliphatic rings. The van der Waals surface area contributed by atoms with Crippen molar-refractivity contribution in [1.82, 2.24) is 9.88 Å². The fourth-order valence-electron chi connectivity index (χ4n) is 3.90. The summed E-state index contributed by atoms with van der Waals surface area (Å²) in [5, 5.41) is 0.768. The van der Waals surface area contributed by atoms with Crippen molar-refractivity contribution in [2.45, 2.75) is 20.3 Å². The van der Waals surface area contributed by atoms with Crippen molar-refractivity contribution in [3.63, 3.8) is 0 Å². The Morgan fingerprint density at radius 3 is 2.28 bits per heavy atom. The number of hydrogen-bond donors (Lipinski definition) is 0. The molecule has 1 heterocycles. The Morgan fingerprint density at radius 2 is 1.59 bits per heavy atom. The maximum Gasteiger partial charge on any atom is 0.260 e. The van der Waals surface area contributed by atoms with Gasteiger partial charge >= 0.3 is 0 Å². The van der Waals surface area contributed by atoms with E-state index in [9.17, 15) is 4.79 Å². The average molecular weight is 444 g/mol. The van der Waals surface area contributed by atoms with Gasteiger partial charge in [-0.25, -0.2) is 4.98 Å². The fourth-order valence-corrected chi connectivity index (χ4v) is 5.06. The number of rotatable bonds is 7. The molecule has 0 radical (unpaired) electrons. The minimum atomic E-state index is -0.00296. The van der Waals surface area contributed by atoms with Gasteiger partial charge in [-0.05, 0) is 81.4 Å².